The van der Waals surface area contributed by atoms with Crippen molar-refractivity contribution in [2.75, 3.05) is 17.3 Å². The first-order valence-electron chi connectivity index (χ1n) is 9.04. The molecule has 0 aliphatic heterocycles. The van der Waals surface area contributed by atoms with Crippen molar-refractivity contribution in [1.29, 1.82) is 0 Å². The summed E-state index contributed by atoms with van der Waals surface area (Å²) in [6.45, 7) is 4.01. The molecule has 0 saturated carbocycles. The molecule has 0 heterocycles. The maximum absolute atomic E-state index is 12.1. The molecule has 5 heteroatoms. The van der Waals surface area contributed by atoms with E-state index in [2.05, 4.69) is 15.8 Å². The van der Waals surface area contributed by atoms with Crippen molar-refractivity contribution in [2.24, 2.45) is 5.10 Å². The van der Waals surface area contributed by atoms with Gasteiger partial charge in [0.05, 0.1) is 11.9 Å². The molecule has 0 unspecified atom stereocenters. The molecule has 0 saturated heterocycles. The normalized spacial score (nSPS) is 10.6. The predicted molar refractivity (Wildman–Crippen MR) is 114 cm³/mol. The summed E-state index contributed by atoms with van der Waals surface area (Å²) in [4.78, 5) is 12.1. The van der Waals surface area contributed by atoms with Crippen LogP contribution in [0.2, 0.25) is 0 Å². The minimum Gasteiger partial charge on any atom is -0.484 e. The maximum Gasteiger partial charge on any atom is 0.262 e. The molecular formula is C23H23N3O2. The second kappa shape index (κ2) is 9.37. The molecular weight excluding hydrogens is 350 g/mol. The van der Waals surface area contributed by atoms with E-state index in [0.29, 0.717) is 5.75 Å². The summed E-state index contributed by atoms with van der Waals surface area (Å²) in [7, 11) is 0. The number of aryl methyl sites for hydroxylation is 2. The number of hydrazone groups is 1. The van der Waals surface area contributed by atoms with Gasteiger partial charge in [-0.3, -0.25) is 10.2 Å². The Kier molecular flexibility index (Phi) is 6.41. The lowest BCUT2D eigenvalue weighted by atomic mass is 10.1. The number of carbonyl (C=O) groups excluding carboxylic acids is 1. The molecule has 0 radical (unpaired) electrons. The summed E-state index contributed by atoms with van der Waals surface area (Å²) in [5.74, 6) is 0.435. The molecule has 3 rings (SSSR count). The molecule has 0 atom stereocenters. The Morgan fingerprint density at radius 1 is 0.929 bits per heavy atom. The topological polar surface area (TPSA) is 62.7 Å². The van der Waals surface area contributed by atoms with Gasteiger partial charge in [-0.2, -0.15) is 5.10 Å². The summed E-state index contributed by atoms with van der Waals surface area (Å²) in [6, 6.07) is 22.9. The predicted octanol–water partition coefficient (Wildman–Crippen LogP) is 4.77. The molecule has 2 N–H and O–H groups in total. The number of benzene rings is 3. The zero-order chi connectivity index (χ0) is 19.8. The second-order valence-electron chi connectivity index (χ2n) is 6.44. The van der Waals surface area contributed by atoms with Gasteiger partial charge in [0.15, 0.2) is 6.61 Å². The Morgan fingerprint density at radius 3 is 2.39 bits per heavy atom. The first-order valence-corrected chi connectivity index (χ1v) is 9.04. The number of hydrogen-bond acceptors (Lipinski definition) is 4. The van der Waals surface area contributed by atoms with Gasteiger partial charge < -0.3 is 10.1 Å². The zero-order valence-electron chi connectivity index (χ0n) is 16.0. The number of carbonyl (C=O) groups is 1. The van der Waals surface area contributed by atoms with Gasteiger partial charge in [-0.25, -0.2) is 0 Å². The summed E-state index contributed by atoms with van der Waals surface area (Å²) < 4.78 is 5.55. The second-order valence-corrected chi connectivity index (χ2v) is 6.44. The molecule has 0 bridgehead atoms. The van der Waals surface area contributed by atoms with Gasteiger partial charge in [0.25, 0.3) is 5.91 Å². The van der Waals surface area contributed by atoms with Gasteiger partial charge in [0.2, 0.25) is 0 Å². The highest BCUT2D eigenvalue weighted by Crippen LogP contribution is 2.15. The number of hydrogen-bond donors (Lipinski definition) is 2. The third-order valence-corrected chi connectivity index (χ3v) is 4.22. The van der Waals surface area contributed by atoms with E-state index in [4.69, 9.17) is 4.74 Å². The number of amides is 1. The number of rotatable bonds is 7. The number of nitrogens with one attached hydrogen (secondary N) is 2. The highest BCUT2D eigenvalue weighted by atomic mass is 16.5. The summed E-state index contributed by atoms with van der Waals surface area (Å²) >= 11 is 0. The van der Waals surface area contributed by atoms with Gasteiger partial charge in [-0.05, 0) is 79.1 Å². The quantitative estimate of drug-likeness (QED) is 0.463. The highest BCUT2D eigenvalue weighted by molar-refractivity contribution is 5.92. The molecule has 0 aliphatic carbocycles. The van der Waals surface area contributed by atoms with Gasteiger partial charge in [0, 0.05) is 5.69 Å². The van der Waals surface area contributed by atoms with Crippen LogP contribution in [0.1, 0.15) is 16.7 Å². The Morgan fingerprint density at radius 2 is 1.68 bits per heavy atom. The lowest BCUT2D eigenvalue weighted by Gasteiger charge is -2.09. The van der Waals surface area contributed by atoms with Crippen molar-refractivity contribution in [3.63, 3.8) is 0 Å². The van der Waals surface area contributed by atoms with Crippen LogP contribution in [-0.2, 0) is 4.79 Å². The number of anilines is 2. The van der Waals surface area contributed by atoms with Crippen LogP contribution >= 0.6 is 0 Å². The Balaban J connectivity index is 1.47. The SMILES string of the molecule is Cc1ccc(NC(=O)COc2ccc(/C=N\Nc3ccccc3)cc2)cc1C. The highest BCUT2D eigenvalue weighted by Gasteiger charge is 2.05. The van der Waals surface area contributed by atoms with Crippen LogP contribution in [0.3, 0.4) is 0 Å². The Bertz CT molecular complexity index is 951. The molecule has 5 nitrogen and oxygen atoms in total. The minimum atomic E-state index is -0.194. The fourth-order valence-electron chi connectivity index (χ4n) is 2.51. The van der Waals surface area contributed by atoms with Gasteiger partial charge in [-0.15, -0.1) is 0 Å². The van der Waals surface area contributed by atoms with Crippen molar-refractivity contribution < 1.29 is 9.53 Å². The Labute approximate surface area is 165 Å². The number of ether oxygens (including phenoxy) is 1. The molecule has 0 spiro atoms. The van der Waals surface area contributed by atoms with E-state index in [9.17, 15) is 4.79 Å². The van der Waals surface area contributed by atoms with Crippen LogP contribution in [0.25, 0.3) is 0 Å². The largest absolute Gasteiger partial charge is 0.484 e. The van der Waals surface area contributed by atoms with Crippen LogP contribution < -0.4 is 15.5 Å². The standard InChI is InChI=1S/C23H23N3O2/c1-17-8-11-21(14-18(17)2)25-23(27)16-28-22-12-9-19(10-13-22)15-24-26-20-6-4-3-5-7-20/h3-15,26H,16H2,1-2H3,(H,25,27)/b24-15-. The molecule has 0 fully saturated rings. The minimum absolute atomic E-state index is 0.0457. The summed E-state index contributed by atoms with van der Waals surface area (Å²) in [5.41, 5.74) is 7.92. The summed E-state index contributed by atoms with van der Waals surface area (Å²) in [5, 5.41) is 7.04. The molecule has 3 aromatic rings. The van der Waals surface area contributed by atoms with E-state index in [0.717, 1.165) is 22.5 Å². The average molecular weight is 373 g/mol. The van der Waals surface area contributed by atoms with E-state index in [-0.39, 0.29) is 12.5 Å². The summed E-state index contributed by atoms with van der Waals surface area (Å²) in [6.07, 6.45) is 1.73. The van der Waals surface area contributed by atoms with Crippen molar-refractivity contribution in [3.05, 3.63) is 89.5 Å². The first kappa shape index (κ1) is 19.2. The first-order chi connectivity index (χ1) is 13.6. The number of para-hydroxylation sites is 1. The monoisotopic (exact) mass is 373 g/mol. The molecule has 1 amide bonds. The molecule has 28 heavy (non-hydrogen) atoms. The van der Waals surface area contributed by atoms with E-state index in [1.165, 1.54) is 5.56 Å². The van der Waals surface area contributed by atoms with Crippen LogP contribution in [0.4, 0.5) is 11.4 Å². The average Bonchev–Trinajstić information content (AvgIpc) is 2.71. The van der Waals surface area contributed by atoms with E-state index in [1.807, 2.05) is 86.6 Å². The Hall–Kier alpha value is -3.60. The van der Waals surface area contributed by atoms with Crippen LogP contribution in [-0.4, -0.2) is 18.7 Å². The number of nitrogens with zero attached hydrogens (tertiary/aromatic N) is 1. The van der Waals surface area contributed by atoms with Gasteiger partial charge in [-0.1, -0.05) is 24.3 Å². The molecule has 0 aromatic heterocycles. The van der Waals surface area contributed by atoms with Crippen molar-refractivity contribution in [1.82, 2.24) is 0 Å². The zero-order valence-corrected chi connectivity index (χ0v) is 16.0. The van der Waals surface area contributed by atoms with E-state index >= 15 is 0 Å². The van der Waals surface area contributed by atoms with Gasteiger partial charge in [0.1, 0.15) is 5.75 Å². The molecule has 142 valence electrons. The van der Waals surface area contributed by atoms with Gasteiger partial charge >= 0.3 is 0 Å². The molecule has 0 aliphatic rings. The third kappa shape index (κ3) is 5.71. The molecule has 3 aromatic carbocycles. The smallest absolute Gasteiger partial charge is 0.262 e. The van der Waals surface area contributed by atoms with Crippen molar-refractivity contribution >= 4 is 23.5 Å². The van der Waals surface area contributed by atoms with Crippen molar-refractivity contribution in [3.8, 4) is 5.75 Å². The van der Waals surface area contributed by atoms with Crippen LogP contribution in [0.5, 0.6) is 5.75 Å². The van der Waals surface area contributed by atoms with Crippen LogP contribution in [0.15, 0.2) is 77.9 Å². The van der Waals surface area contributed by atoms with Crippen molar-refractivity contribution in [2.45, 2.75) is 13.8 Å². The third-order valence-electron chi connectivity index (χ3n) is 4.22. The maximum atomic E-state index is 12.1. The fraction of sp³-hybridized carbons (Fsp3) is 0.130. The van der Waals surface area contributed by atoms with E-state index in [1.54, 1.807) is 6.21 Å². The fourth-order valence-corrected chi connectivity index (χ4v) is 2.51. The lowest BCUT2D eigenvalue weighted by Crippen LogP contribution is -2.20. The van der Waals surface area contributed by atoms with Crippen LogP contribution in [0, 0.1) is 13.8 Å². The lowest BCUT2D eigenvalue weighted by molar-refractivity contribution is -0.118. The van der Waals surface area contributed by atoms with E-state index < -0.39 is 0 Å².